The van der Waals surface area contributed by atoms with Crippen molar-refractivity contribution in [2.75, 3.05) is 13.1 Å². The molecule has 0 unspecified atom stereocenters. The third kappa shape index (κ3) is 3.24. The molecule has 2 rings (SSSR count). The third-order valence-corrected chi connectivity index (χ3v) is 2.69. The molecule has 0 radical (unpaired) electrons. The van der Waals surface area contributed by atoms with E-state index >= 15 is 0 Å². The zero-order chi connectivity index (χ0) is 11.2. The summed E-state index contributed by atoms with van der Waals surface area (Å²) in [5, 5.41) is 8.99. The fraction of sp³-hybridized carbons (Fsp3) is 0.417. The summed E-state index contributed by atoms with van der Waals surface area (Å²) in [6.45, 7) is 2.44. The van der Waals surface area contributed by atoms with Crippen LogP contribution in [0.15, 0.2) is 30.3 Å². The Labute approximate surface area is 95.4 Å². The summed E-state index contributed by atoms with van der Waals surface area (Å²) in [7, 11) is 0. The minimum atomic E-state index is -0.0856. The average Bonchev–Trinajstić information content (AvgIpc) is 2.81. The van der Waals surface area contributed by atoms with Crippen LogP contribution in [0, 0.1) is 0 Å². The molecule has 1 atom stereocenters. The Morgan fingerprint density at radius 2 is 2.19 bits per heavy atom. The lowest BCUT2D eigenvalue weighted by Crippen LogP contribution is -2.42. The van der Waals surface area contributed by atoms with Crippen molar-refractivity contribution in [1.82, 2.24) is 16.0 Å². The van der Waals surface area contributed by atoms with E-state index in [4.69, 9.17) is 0 Å². The van der Waals surface area contributed by atoms with E-state index in [0.29, 0.717) is 6.54 Å². The second kappa shape index (κ2) is 5.51. The Balaban J connectivity index is 1.71. The van der Waals surface area contributed by atoms with Crippen LogP contribution in [0.3, 0.4) is 0 Å². The lowest BCUT2D eigenvalue weighted by molar-refractivity contribution is 0.237. The van der Waals surface area contributed by atoms with Gasteiger partial charge in [0, 0.05) is 19.1 Å². The Kier molecular flexibility index (Phi) is 3.77. The highest BCUT2D eigenvalue weighted by Crippen LogP contribution is 1.98. The van der Waals surface area contributed by atoms with Crippen LogP contribution in [0.4, 0.5) is 4.79 Å². The van der Waals surface area contributed by atoms with Gasteiger partial charge in [-0.05, 0) is 18.5 Å². The largest absolute Gasteiger partial charge is 0.334 e. The molecule has 3 N–H and O–H groups in total. The van der Waals surface area contributed by atoms with Crippen LogP contribution in [0.1, 0.15) is 12.0 Å². The Bertz CT molecular complexity index is 333. The van der Waals surface area contributed by atoms with Gasteiger partial charge in [-0.3, -0.25) is 0 Å². The van der Waals surface area contributed by atoms with Crippen LogP contribution in [-0.2, 0) is 6.54 Å². The smallest absolute Gasteiger partial charge is 0.315 e. The van der Waals surface area contributed by atoms with Crippen LogP contribution in [0.5, 0.6) is 0 Å². The minimum absolute atomic E-state index is 0.0856. The zero-order valence-corrected chi connectivity index (χ0v) is 9.20. The topological polar surface area (TPSA) is 53.2 Å². The fourth-order valence-electron chi connectivity index (χ4n) is 1.79. The number of carbonyl (C=O) groups excluding carboxylic acids is 1. The van der Waals surface area contributed by atoms with Crippen molar-refractivity contribution >= 4 is 6.03 Å². The van der Waals surface area contributed by atoms with Crippen LogP contribution < -0.4 is 16.0 Å². The molecule has 1 saturated heterocycles. The van der Waals surface area contributed by atoms with Gasteiger partial charge in [-0.2, -0.15) is 0 Å². The summed E-state index contributed by atoms with van der Waals surface area (Å²) >= 11 is 0. The fourth-order valence-corrected chi connectivity index (χ4v) is 1.79. The highest BCUT2D eigenvalue weighted by Gasteiger charge is 2.15. The van der Waals surface area contributed by atoms with Crippen LogP contribution >= 0.6 is 0 Å². The maximum atomic E-state index is 11.5. The summed E-state index contributed by atoms with van der Waals surface area (Å²) in [6, 6.07) is 10.1. The molecule has 0 spiro atoms. The van der Waals surface area contributed by atoms with Crippen LogP contribution in [0.2, 0.25) is 0 Å². The van der Waals surface area contributed by atoms with E-state index in [1.54, 1.807) is 0 Å². The van der Waals surface area contributed by atoms with E-state index in [1.807, 2.05) is 30.3 Å². The van der Waals surface area contributed by atoms with Crippen molar-refractivity contribution in [3.63, 3.8) is 0 Å². The van der Waals surface area contributed by atoms with Gasteiger partial charge < -0.3 is 16.0 Å². The molecule has 1 aromatic carbocycles. The number of benzene rings is 1. The first kappa shape index (κ1) is 11.0. The van der Waals surface area contributed by atoms with Crippen molar-refractivity contribution in [1.29, 1.82) is 0 Å². The van der Waals surface area contributed by atoms with Gasteiger partial charge in [0.2, 0.25) is 0 Å². The van der Waals surface area contributed by atoms with E-state index in [0.717, 1.165) is 25.1 Å². The number of hydrogen-bond donors (Lipinski definition) is 3. The first-order chi connectivity index (χ1) is 7.84. The molecule has 0 aromatic heterocycles. The standard InChI is InChI=1S/C12H17N3O/c16-12(15-11-6-7-13-9-11)14-8-10-4-2-1-3-5-10/h1-5,11,13H,6-9H2,(H2,14,15,16)/t11-/m0/s1. The maximum absolute atomic E-state index is 11.5. The lowest BCUT2D eigenvalue weighted by atomic mass is 10.2. The van der Waals surface area contributed by atoms with E-state index in [-0.39, 0.29) is 12.1 Å². The Hall–Kier alpha value is -1.55. The number of amides is 2. The average molecular weight is 219 g/mol. The van der Waals surface area contributed by atoms with E-state index in [2.05, 4.69) is 16.0 Å². The molecule has 86 valence electrons. The summed E-state index contributed by atoms with van der Waals surface area (Å²) in [6.07, 6.45) is 1.01. The van der Waals surface area contributed by atoms with E-state index in [1.165, 1.54) is 0 Å². The molecule has 0 bridgehead atoms. The van der Waals surface area contributed by atoms with Gasteiger partial charge in [-0.1, -0.05) is 30.3 Å². The molecule has 2 amide bonds. The minimum Gasteiger partial charge on any atom is -0.334 e. The summed E-state index contributed by atoms with van der Waals surface area (Å²) < 4.78 is 0. The van der Waals surface area contributed by atoms with Gasteiger partial charge >= 0.3 is 6.03 Å². The molecule has 1 aliphatic rings. The highest BCUT2D eigenvalue weighted by atomic mass is 16.2. The summed E-state index contributed by atoms with van der Waals surface area (Å²) in [5.74, 6) is 0. The van der Waals surface area contributed by atoms with Crippen LogP contribution in [0.25, 0.3) is 0 Å². The summed E-state index contributed by atoms with van der Waals surface area (Å²) in [4.78, 5) is 11.5. The number of carbonyl (C=O) groups is 1. The first-order valence-electron chi connectivity index (χ1n) is 5.63. The van der Waals surface area contributed by atoms with Gasteiger partial charge in [-0.25, -0.2) is 4.79 Å². The lowest BCUT2D eigenvalue weighted by Gasteiger charge is -2.12. The van der Waals surface area contributed by atoms with E-state index < -0.39 is 0 Å². The first-order valence-corrected chi connectivity index (χ1v) is 5.63. The quantitative estimate of drug-likeness (QED) is 0.706. The molecule has 1 aliphatic heterocycles. The number of rotatable bonds is 3. The van der Waals surface area contributed by atoms with Crippen molar-refractivity contribution < 1.29 is 4.79 Å². The van der Waals surface area contributed by atoms with Gasteiger partial charge in [0.05, 0.1) is 0 Å². The SMILES string of the molecule is O=C(NCc1ccccc1)N[C@H]1CCNC1. The molecular formula is C12H17N3O. The molecule has 1 fully saturated rings. The van der Waals surface area contributed by atoms with Gasteiger partial charge in [-0.15, -0.1) is 0 Å². The van der Waals surface area contributed by atoms with Crippen LogP contribution in [-0.4, -0.2) is 25.2 Å². The molecular weight excluding hydrogens is 202 g/mol. The normalized spacial score (nSPS) is 19.4. The van der Waals surface area contributed by atoms with Crippen molar-refractivity contribution in [2.45, 2.75) is 19.0 Å². The number of nitrogens with one attached hydrogen (secondary N) is 3. The predicted molar refractivity (Wildman–Crippen MR) is 63.1 cm³/mol. The van der Waals surface area contributed by atoms with Gasteiger partial charge in [0.1, 0.15) is 0 Å². The van der Waals surface area contributed by atoms with Gasteiger partial charge in [0.25, 0.3) is 0 Å². The van der Waals surface area contributed by atoms with Crippen molar-refractivity contribution in [3.8, 4) is 0 Å². The highest BCUT2D eigenvalue weighted by molar-refractivity contribution is 5.74. The monoisotopic (exact) mass is 219 g/mol. The molecule has 4 heteroatoms. The van der Waals surface area contributed by atoms with Gasteiger partial charge in [0.15, 0.2) is 0 Å². The molecule has 0 aliphatic carbocycles. The third-order valence-electron chi connectivity index (χ3n) is 2.69. The molecule has 16 heavy (non-hydrogen) atoms. The summed E-state index contributed by atoms with van der Waals surface area (Å²) in [5.41, 5.74) is 1.11. The zero-order valence-electron chi connectivity index (χ0n) is 9.20. The maximum Gasteiger partial charge on any atom is 0.315 e. The predicted octanol–water partition coefficient (Wildman–Crippen LogP) is 0.848. The molecule has 4 nitrogen and oxygen atoms in total. The van der Waals surface area contributed by atoms with Crippen molar-refractivity contribution in [2.24, 2.45) is 0 Å². The molecule has 0 saturated carbocycles. The number of hydrogen-bond acceptors (Lipinski definition) is 2. The molecule has 1 heterocycles. The molecule has 1 aromatic rings. The number of urea groups is 1. The second-order valence-corrected chi connectivity index (χ2v) is 4.00. The second-order valence-electron chi connectivity index (χ2n) is 4.00. The Morgan fingerprint density at radius 1 is 1.38 bits per heavy atom. The van der Waals surface area contributed by atoms with Crippen molar-refractivity contribution in [3.05, 3.63) is 35.9 Å². The van der Waals surface area contributed by atoms with E-state index in [9.17, 15) is 4.79 Å². The Morgan fingerprint density at radius 3 is 2.88 bits per heavy atom.